The highest BCUT2D eigenvalue weighted by molar-refractivity contribution is 7.07. The summed E-state index contributed by atoms with van der Waals surface area (Å²) in [5, 5.41) is 2.12. The Balaban J connectivity index is 1.34. The van der Waals surface area contributed by atoms with Gasteiger partial charge in [-0.3, -0.25) is 4.79 Å². The van der Waals surface area contributed by atoms with Gasteiger partial charge in [0.15, 0.2) is 0 Å². The second-order valence-corrected chi connectivity index (χ2v) is 7.92. The lowest BCUT2D eigenvalue weighted by molar-refractivity contribution is -0.144. The summed E-state index contributed by atoms with van der Waals surface area (Å²) < 4.78 is 31.0. The molecule has 0 aliphatic carbocycles. The molecular formula is C20H23F2N3O2S. The number of rotatable bonds is 5. The molecule has 2 aliphatic heterocycles. The average molecular weight is 407 g/mol. The minimum Gasteiger partial charge on any atom is -0.490 e. The smallest absolute Gasteiger partial charge is 0.315 e. The topological polar surface area (TPSA) is 45.7 Å². The van der Waals surface area contributed by atoms with Gasteiger partial charge in [-0.25, -0.2) is 4.98 Å². The largest absolute Gasteiger partial charge is 0.490 e. The van der Waals surface area contributed by atoms with E-state index in [9.17, 15) is 13.6 Å². The van der Waals surface area contributed by atoms with Crippen LogP contribution in [0.25, 0.3) is 0 Å². The highest BCUT2D eigenvalue weighted by atomic mass is 32.1. The van der Waals surface area contributed by atoms with Gasteiger partial charge in [-0.05, 0) is 37.1 Å². The molecular weight excluding hydrogens is 384 g/mol. The molecule has 1 aromatic carbocycles. The van der Waals surface area contributed by atoms with Crippen LogP contribution in [-0.2, 0) is 4.79 Å². The monoisotopic (exact) mass is 407 g/mol. The van der Waals surface area contributed by atoms with Crippen molar-refractivity contribution in [2.45, 2.75) is 44.3 Å². The Morgan fingerprint density at radius 1 is 1.14 bits per heavy atom. The van der Waals surface area contributed by atoms with Crippen molar-refractivity contribution >= 4 is 22.9 Å². The molecule has 4 rings (SSSR count). The number of alkyl halides is 2. The van der Waals surface area contributed by atoms with Crippen LogP contribution >= 0.6 is 11.3 Å². The highest BCUT2D eigenvalue weighted by Crippen LogP contribution is 2.36. The summed E-state index contributed by atoms with van der Waals surface area (Å²) in [6.45, 7) is 1.64. The van der Waals surface area contributed by atoms with Crippen LogP contribution in [0.1, 0.15) is 37.4 Å². The Morgan fingerprint density at radius 2 is 1.89 bits per heavy atom. The molecule has 2 aromatic rings. The first kappa shape index (κ1) is 19.1. The van der Waals surface area contributed by atoms with Crippen molar-refractivity contribution < 1.29 is 18.3 Å². The molecule has 0 saturated carbocycles. The van der Waals surface area contributed by atoms with Crippen LogP contribution in [0.3, 0.4) is 0 Å². The third-order valence-corrected chi connectivity index (χ3v) is 6.06. The molecule has 28 heavy (non-hydrogen) atoms. The van der Waals surface area contributed by atoms with Crippen molar-refractivity contribution in [1.29, 1.82) is 0 Å². The molecule has 5 nitrogen and oxygen atoms in total. The SMILES string of the molecule is O=C(C(F)F)N1CCC(Oc2ccc(N3CCCC3c3cscn3)cc2)CC1. The van der Waals surface area contributed by atoms with Crippen LogP contribution in [0.4, 0.5) is 14.5 Å². The van der Waals surface area contributed by atoms with Crippen molar-refractivity contribution in [3.05, 3.63) is 40.8 Å². The van der Waals surface area contributed by atoms with Gasteiger partial charge in [-0.1, -0.05) is 0 Å². The predicted octanol–water partition coefficient (Wildman–Crippen LogP) is 4.12. The molecule has 0 radical (unpaired) electrons. The summed E-state index contributed by atoms with van der Waals surface area (Å²) in [5.74, 6) is -0.310. The Kier molecular flexibility index (Phi) is 5.75. The second-order valence-electron chi connectivity index (χ2n) is 7.20. The summed E-state index contributed by atoms with van der Waals surface area (Å²) in [6.07, 6.45) is 0.413. The summed E-state index contributed by atoms with van der Waals surface area (Å²) in [4.78, 5) is 19.4. The van der Waals surface area contributed by atoms with E-state index in [0.29, 0.717) is 32.0 Å². The second kappa shape index (κ2) is 8.43. The molecule has 0 spiro atoms. The molecule has 2 saturated heterocycles. The molecule has 1 unspecified atom stereocenters. The van der Waals surface area contributed by atoms with E-state index in [1.165, 1.54) is 4.90 Å². The van der Waals surface area contributed by atoms with Gasteiger partial charge in [-0.15, -0.1) is 11.3 Å². The molecule has 0 bridgehead atoms. The van der Waals surface area contributed by atoms with E-state index in [1.54, 1.807) is 11.3 Å². The molecule has 150 valence electrons. The van der Waals surface area contributed by atoms with E-state index in [2.05, 4.69) is 27.4 Å². The predicted molar refractivity (Wildman–Crippen MR) is 104 cm³/mol. The van der Waals surface area contributed by atoms with Gasteiger partial charge in [0.2, 0.25) is 0 Å². The number of amides is 1. The summed E-state index contributed by atoms with van der Waals surface area (Å²) >= 11 is 1.63. The van der Waals surface area contributed by atoms with Crippen molar-refractivity contribution in [3.63, 3.8) is 0 Å². The summed E-state index contributed by atoms with van der Waals surface area (Å²) in [6, 6.07) is 8.38. The highest BCUT2D eigenvalue weighted by Gasteiger charge is 2.29. The first-order chi connectivity index (χ1) is 13.6. The normalized spacial score (nSPS) is 20.8. The lowest BCUT2D eigenvalue weighted by atomic mass is 10.1. The van der Waals surface area contributed by atoms with Gasteiger partial charge in [0.05, 0.1) is 17.2 Å². The van der Waals surface area contributed by atoms with E-state index in [4.69, 9.17) is 4.74 Å². The van der Waals surface area contributed by atoms with Gasteiger partial charge in [0.25, 0.3) is 5.91 Å². The first-order valence-electron chi connectivity index (χ1n) is 9.60. The Labute approximate surface area is 166 Å². The van der Waals surface area contributed by atoms with Crippen LogP contribution in [0, 0.1) is 0 Å². The van der Waals surface area contributed by atoms with E-state index >= 15 is 0 Å². The van der Waals surface area contributed by atoms with Crippen molar-refractivity contribution in [2.24, 2.45) is 0 Å². The number of hydrogen-bond donors (Lipinski definition) is 0. The maximum Gasteiger partial charge on any atom is 0.315 e. The van der Waals surface area contributed by atoms with Crippen LogP contribution in [0.15, 0.2) is 35.2 Å². The zero-order valence-electron chi connectivity index (χ0n) is 15.5. The molecule has 2 fully saturated rings. The fourth-order valence-corrected chi connectivity index (χ4v) is 4.61. The number of nitrogens with zero attached hydrogens (tertiary/aromatic N) is 3. The van der Waals surface area contributed by atoms with Crippen molar-refractivity contribution in [2.75, 3.05) is 24.5 Å². The Hall–Kier alpha value is -2.22. The third kappa shape index (κ3) is 4.11. The number of anilines is 1. The maximum absolute atomic E-state index is 12.5. The number of thiazole rings is 1. The number of likely N-dealkylation sites (tertiary alicyclic amines) is 1. The van der Waals surface area contributed by atoms with Gasteiger partial charge in [0, 0.05) is 43.5 Å². The molecule has 1 amide bonds. The summed E-state index contributed by atoms with van der Waals surface area (Å²) in [7, 11) is 0. The van der Waals surface area contributed by atoms with Crippen molar-refractivity contribution in [1.82, 2.24) is 9.88 Å². The molecule has 0 N–H and O–H groups in total. The number of aromatic nitrogens is 1. The lowest BCUT2D eigenvalue weighted by Gasteiger charge is -2.32. The quantitative estimate of drug-likeness (QED) is 0.748. The number of carbonyl (C=O) groups is 1. The van der Waals surface area contributed by atoms with Crippen molar-refractivity contribution in [3.8, 4) is 5.75 Å². The third-order valence-electron chi connectivity index (χ3n) is 5.46. The van der Waals surface area contributed by atoms with E-state index in [0.717, 1.165) is 36.5 Å². The van der Waals surface area contributed by atoms with Crippen LogP contribution in [0.5, 0.6) is 5.75 Å². The van der Waals surface area contributed by atoms with Crippen LogP contribution < -0.4 is 9.64 Å². The van der Waals surface area contributed by atoms with Crippen LogP contribution in [-0.4, -0.2) is 48.0 Å². The zero-order chi connectivity index (χ0) is 19.5. The van der Waals surface area contributed by atoms with Crippen LogP contribution in [0.2, 0.25) is 0 Å². The fraction of sp³-hybridized carbons (Fsp3) is 0.500. The minimum absolute atomic E-state index is 0.0536. The summed E-state index contributed by atoms with van der Waals surface area (Å²) in [5.41, 5.74) is 4.16. The molecule has 8 heteroatoms. The maximum atomic E-state index is 12.5. The fourth-order valence-electron chi connectivity index (χ4n) is 4.01. The van der Waals surface area contributed by atoms with Gasteiger partial charge >= 0.3 is 6.43 Å². The number of benzene rings is 1. The number of piperidine rings is 1. The zero-order valence-corrected chi connectivity index (χ0v) is 16.3. The molecule has 1 atom stereocenters. The van der Waals surface area contributed by atoms with Gasteiger partial charge in [0.1, 0.15) is 11.9 Å². The lowest BCUT2D eigenvalue weighted by Crippen LogP contribution is -2.44. The van der Waals surface area contributed by atoms with Gasteiger partial charge in [-0.2, -0.15) is 8.78 Å². The first-order valence-corrected chi connectivity index (χ1v) is 10.5. The average Bonchev–Trinajstić information content (AvgIpc) is 3.40. The molecule has 1 aromatic heterocycles. The minimum atomic E-state index is -2.93. The Morgan fingerprint density at radius 3 is 2.54 bits per heavy atom. The molecule has 3 heterocycles. The number of carbonyl (C=O) groups excluding carboxylic acids is 1. The number of ether oxygens (including phenoxy) is 1. The Bertz CT molecular complexity index is 777. The molecule has 2 aliphatic rings. The number of hydrogen-bond acceptors (Lipinski definition) is 5. The van der Waals surface area contributed by atoms with E-state index in [1.807, 2.05) is 17.6 Å². The van der Waals surface area contributed by atoms with E-state index < -0.39 is 12.3 Å². The number of halogens is 2. The standard InChI is InChI=1S/C20H23F2N3O2S/c21-19(22)20(26)24-10-7-16(8-11-24)27-15-5-3-14(4-6-15)25-9-1-2-18(25)17-12-28-13-23-17/h3-6,12-13,16,18-19H,1-2,7-11H2. The van der Waals surface area contributed by atoms with Gasteiger partial charge < -0.3 is 14.5 Å². The van der Waals surface area contributed by atoms with E-state index in [-0.39, 0.29) is 6.10 Å².